The molecule has 0 spiro atoms. The van der Waals surface area contributed by atoms with Crippen molar-refractivity contribution in [3.05, 3.63) is 27.5 Å². The number of carbonyl (C=O) groups excluding carboxylic acids is 1. The van der Waals surface area contributed by atoms with Crippen molar-refractivity contribution < 1.29 is 13.9 Å². The first-order valence-corrected chi connectivity index (χ1v) is 6.04. The summed E-state index contributed by atoms with van der Waals surface area (Å²) in [5.41, 5.74) is 0.298. The third kappa shape index (κ3) is 2.03. The van der Waals surface area contributed by atoms with Crippen LogP contribution in [-0.4, -0.2) is 18.1 Å². The lowest BCUT2D eigenvalue weighted by Gasteiger charge is -1.96. The van der Waals surface area contributed by atoms with Gasteiger partial charge in [-0.1, -0.05) is 0 Å². The molecule has 2 aromatic heterocycles. The zero-order valence-electron chi connectivity index (χ0n) is 8.61. The SMILES string of the molecule is COC(=O)c1nc(C)sc1-c1ccc(Br)o1. The molecule has 2 aromatic rings. The third-order valence-electron chi connectivity index (χ3n) is 1.91. The first kappa shape index (κ1) is 11.3. The number of thiazole rings is 1. The molecule has 2 heterocycles. The van der Waals surface area contributed by atoms with Crippen LogP contribution in [0.1, 0.15) is 15.5 Å². The van der Waals surface area contributed by atoms with Gasteiger partial charge in [0.05, 0.1) is 12.1 Å². The predicted octanol–water partition coefficient (Wildman–Crippen LogP) is 3.26. The molecule has 0 unspecified atom stereocenters. The number of aromatic nitrogens is 1. The van der Waals surface area contributed by atoms with Crippen LogP contribution in [0.25, 0.3) is 10.6 Å². The molecular weight excluding hydrogens is 294 g/mol. The van der Waals surface area contributed by atoms with Crippen LogP contribution in [0.3, 0.4) is 0 Å². The molecule has 0 aliphatic carbocycles. The second-order valence-corrected chi connectivity index (χ2v) is 4.99. The van der Waals surface area contributed by atoms with E-state index in [4.69, 9.17) is 4.42 Å². The standard InChI is InChI=1S/C10H8BrNO3S/c1-5-12-8(10(13)14-2)9(16-5)6-3-4-7(11)15-6/h3-4H,1-2H3. The molecule has 84 valence electrons. The van der Waals surface area contributed by atoms with E-state index < -0.39 is 5.97 Å². The van der Waals surface area contributed by atoms with Crippen LogP contribution >= 0.6 is 27.3 Å². The molecule has 0 fully saturated rings. The fourth-order valence-corrected chi connectivity index (χ4v) is 2.44. The Morgan fingerprint density at radius 1 is 1.56 bits per heavy atom. The van der Waals surface area contributed by atoms with Gasteiger partial charge in [0.15, 0.2) is 10.4 Å². The molecular formula is C10H8BrNO3S. The van der Waals surface area contributed by atoms with Crippen molar-refractivity contribution in [2.45, 2.75) is 6.92 Å². The minimum atomic E-state index is -0.452. The van der Waals surface area contributed by atoms with Gasteiger partial charge < -0.3 is 9.15 Å². The maximum Gasteiger partial charge on any atom is 0.358 e. The van der Waals surface area contributed by atoms with E-state index in [0.29, 0.717) is 21.0 Å². The van der Waals surface area contributed by atoms with Gasteiger partial charge in [0, 0.05) is 0 Å². The number of furan rings is 1. The lowest BCUT2D eigenvalue weighted by atomic mass is 10.3. The van der Waals surface area contributed by atoms with Crippen LogP contribution in [0.15, 0.2) is 21.2 Å². The molecule has 0 radical (unpaired) electrons. The van der Waals surface area contributed by atoms with Gasteiger partial charge in [-0.2, -0.15) is 0 Å². The molecule has 0 N–H and O–H groups in total. The summed E-state index contributed by atoms with van der Waals surface area (Å²) in [7, 11) is 1.33. The first-order chi connectivity index (χ1) is 7.61. The van der Waals surface area contributed by atoms with Crippen molar-refractivity contribution in [3.8, 4) is 10.6 Å². The minimum absolute atomic E-state index is 0.298. The Bertz CT molecular complexity index is 532. The second-order valence-electron chi connectivity index (χ2n) is 3.01. The van der Waals surface area contributed by atoms with Gasteiger partial charge in [0.1, 0.15) is 10.6 Å². The fraction of sp³-hybridized carbons (Fsp3) is 0.200. The van der Waals surface area contributed by atoms with Crippen molar-refractivity contribution in [1.82, 2.24) is 4.98 Å². The van der Waals surface area contributed by atoms with E-state index in [1.54, 1.807) is 12.1 Å². The maximum absolute atomic E-state index is 11.5. The van der Waals surface area contributed by atoms with Crippen molar-refractivity contribution in [2.75, 3.05) is 7.11 Å². The number of esters is 1. The number of hydrogen-bond donors (Lipinski definition) is 0. The topological polar surface area (TPSA) is 52.3 Å². The Labute approximate surface area is 104 Å². The molecule has 0 atom stereocenters. The number of ether oxygens (including phenoxy) is 1. The highest BCUT2D eigenvalue weighted by Crippen LogP contribution is 2.33. The van der Waals surface area contributed by atoms with Crippen LogP contribution < -0.4 is 0 Å². The Kier molecular flexibility index (Phi) is 3.11. The number of carbonyl (C=O) groups is 1. The van der Waals surface area contributed by atoms with Gasteiger partial charge in [0.2, 0.25) is 0 Å². The highest BCUT2D eigenvalue weighted by atomic mass is 79.9. The van der Waals surface area contributed by atoms with Gasteiger partial charge in [-0.15, -0.1) is 11.3 Å². The van der Waals surface area contributed by atoms with Gasteiger partial charge in [-0.3, -0.25) is 0 Å². The maximum atomic E-state index is 11.5. The van der Waals surface area contributed by atoms with Crippen LogP contribution in [0.4, 0.5) is 0 Å². The lowest BCUT2D eigenvalue weighted by molar-refractivity contribution is 0.0595. The summed E-state index contributed by atoms with van der Waals surface area (Å²) in [5.74, 6) is 0.157. The number of aryl methyl sites for hydroxylation is 1. The van der Waals surface area contributed by atoms with E-state index in [2.05, 4.69) is 25.7 Å². The molecule has 0 aliphatic rings. The fourth-order valence-electron chi connectivity index (χ4n) is 1.27. The van der Waals surface area contributed by atoms with E-state index in [0.717, 1.165) is 5.01 Å². The molecule has 0 aromatic carbocycles. The normalized spacial score (nSPS) is 10.4. The highest BCUT2D eigenvalue weighted by Gasteiger charge is 2.20. The second kappa shape index (κ2) is 4.39. The molecule has 0 bridgehead atoms. The summed E-state index contributed by atoms with van der Waals surface area (Å²) in [5, 5.41) is 0.794. The van der Waals surface area contributed by atoms with Crippen molar-refractivity contribution in [1.29, 1.82) is 0 Å². The molecule has 16 heavy (non-hydrogen) atoms. The van der Waals surface area contributed by atoms with Crippen LogP contribution in [0.2, 0.25) is 0 Å². The minimum Gasteiger partial charge on any atom is -0.464 e. The summed E-state index contributed by atoms with van der Waals surface area (Å²) < 4.78 is 10.7. The van der Waals surface area contributed by atoms with Gasteiger partial charge in [0.25, 0.3) is 0 Å². The van der Waals surface area contributed by atoms with Crippen LogP contribution in [-0.2, 0) is 4.74 Å². The van der Waals surface area contributed by atoms with Gasteiger partial charge in [-0.05, 0) is 35.0 Å². The average molecular weight is 302 g/mol. The molecule has 6 heteroatoms. The summed E-state index contributed by atoms with van der Waals surface area (Å²) in [6.07, 6.45) is 0. The quantitative estimate of drug-likeness (QED) is 0.799. The van der Waals surface area contributed by atoms with Crippen molar-refractivity contribution in [3.63, 3.8) is 0 Å². The Morgan fingerprint density at radius 3 is 2.88 bits per heavy atom. The smallest absolute Gasteiger partial charge is 0.358 e. The van der Waals surface area contributed by atoms with E-state index in [-0.39, 0.29) is 0 Å². The lowest BCUT2D eigenvalue weighted by Crippen LogP contribution is -2.03. The molecule has 0 saturated carbocycles. The highest BCUT2D eigenvalue weighted by molar-refractivity contribution is 9.10. The third-order valence-corrected chi connectivity index (χ3v) is 3.32. The number of halogens is 1. The van der Waals surface area contributed by atoms with E-state index in [1.807, 2.05) is 6.92 Å². The number of hydrogen-bond acceptors (Lipinski definition) is 5. The molecule has 0 saturated heterocycles. The number of methoxy groups -OCH3 is 1. The number of nitrogens with zero attached hydrogens (tertiary/aromatic N) is 1. The van der Waals surface area contributed by atoms with E-state index in [9.17, 15) is 4.79 Å². The zero-order chi connectivity index (χ0) is 11.7. The zero-order valence-corrected chi connectivity index (χ0v) is 11.0. The summed E-state index contributed by atoms with van der Waals surface area (Å²) in [6.45, 7) is 1.83. The van der Waals surface area contributed by atoms with Crippen LogP contribution in [0.5, 0.6) is 0 Å². The van der Waals surface area contributed by atoms with Crippen LogP contribution in [0, 0.1) is 6.92 Å². The van der Waals surface area contributed by atoms with Crippen molar-refractivity contribution >= 4 is 33.2 Å². The van der Waals surface area contributed by atoms with E-state index in [1.165, 1.54) is 18.4 Å². The first-order valence-electron chi connectivity index (χ1n) is 4.43. The molecule has 2 rings (SSSR count). The molecule has 4 nitrogen and oxygen atoms in total. The predicted molar refractivity (Wildman–Crippen MR) is 63.6 cm³/mol. The summed E-state index contributed by atoms with van der Waals surface area (Å²) in [6, 6.07) is 3.55. The molecule has 0 aliphatic heterocycles. The summed E-state index contributed by atoms with van der Waals surface area (Å²) >= 11 is 4.61. The monoisotopic (exact) mass is 301 g/mol. The van der Waals surface area contributed by atoms with Crippen molar-refractivity contribution in [2.24, 2.45) is 0 Å². The average Bonchev–Trinajstić information content (AvgIpc) is 2.83. The summed E-state index contributed by atoms with van der Waals surface area (Å²) in [4.78, 5) is 16.3. The van der Waals surface area contributed by atoms with E-state index >= 15 is 0 Å². The number of rotatable bonds is 2. The van der Waals surface area contributed by atoms with Gasteiger partial charge >= 0.3 is 5.97 Å². The Balaban J connectivity index is 2.52. The largest absolute Gasteiger partial charge is 0.464 e. The van der Waals surface area contributed by atoms with Gasteiger partial charge in [-0.25, -0.2) is 9.78 Å². The Morgan fingerprint density at radius 2 is 2.31 bits per heavy atom. The Hall–Kier alpha value is -1.14. The molecule has 0 amide bonds.